The number of likely N-dealkylation sites (tertiary alicyclic amines) is 1. The van der Waals surface area contributed by atoms with Gasteiger partial charge in [-0.15, -0.1) is 10.2 Å². The van der Waals surface area contributed by atoms with Gasteiger partial charge in [-0.1, -0.05) is 23.9 Å². The zero-order valence-electron chi connectivity index (χ0n) is 17.4. The second kappa shape index (κ2) is 9.95. The molecule has 0 spiro atoms. The number of rotatable bonds is 8. The summed E-state index contributed by atoms with van der Waals surface area (Å²) < 4.78 is 10.8. The van der Waals surface area contributed by atoms with Crippen molar-refractivity contribution in [1.82, 2.24) is 25.1 Å². The molecule has 31 heavy (non-hydrogen) atoms. The van der Waals surface area contributed by atoms with Crippen LogP contribution in [0.3, 0.4) is 0 Å². The van der Waals surface area contributed by atoms with Crippen LogP contribution in [0.15, 0.2) is 33.9 Å². The lowest BCUT2D eigenvalue weighted by molar-refractivity contribution is -0.151. The number of para-hydroxylation sites is 2. The van der Waals surface area contributed by atoms with Crippen molar-refractivity contribution < 1.29 is 18.7 Å². The summed E-state index contributed by atoms with van der Waals surface area (Å²) in [6.07, 6.45) is 2.78. The van der Waals surface area contributed by atoms with Gasteiger partial charge in [0.1, 0.15) is 5.82 Å². The molecule has 1 aliphatic heterocycles. The molecule has 164 valence electrons. The molecule has 9 nitrogen and oxygen atoms in total. The largest absolute Gasteiger partial charge is 0.466 e. The quantitative estimate of drug-likeness (QED) is 0.417. The lowest BCUT2D eigenvalue weighted by atomic mass is 9.98. The van der Waals surface area contributed by atoms with Gasteiger partial charge in [-0.25, -0.2) is 4.98 Å². The summed E-state index contributed by atoms with van der Waals surface area (Å²) in [5.74, 6) is 1.07. The number of nitrogens with zero attached hydrogens (tertiary/aromatic N) is 4. The molecule has 4 rings (SSSR count). The van der Waals surface area contributed by atoms with Crippen molar-refractivity contribution in [3.05, 3.63) is 36.0 Å². The highest BCUT2D eigenvalue weighted by molar-refractivity contribution is 7.99. The van der Waals surface area contributed by atoms with Gasteiger partial charge >= 0.3 is 5.97 Å². The number of hydrogen-bond acceptors (Lipinski definition) is 8. The molecular weight excluding hydrogens is 418 g/mol. The van der Waals surface area contributed by atoms with E-state index in [0.29, 0.717) is 43.7 Å². The highest BCUT2D eigenvalue weighted by Crippen LogP contribution is 2.22. The lowest BCUT2D eigenvalue weighted by Gasteiger charge is -2.31. The van der Waals surface area contributed by atoms with Crippen LogP contribution < -0.4 is 0 Å². The summed E-state index contributed by atoms with van der Waals surface area (Å²) in [5, 5.41) is 8.46. The number of aryl methyl sites for hydroxylation is 2. The van der Waals surface area contributed by atoms with Crippen LogP contribution in [0.25, 0.3) is 11.0 Å². The van der Waals surface area contributed by atoms with Gasteiger partial charge in [-0.3, -0.25) is 9.59 Å². The fourth-order valence-corrected chi connectivity index (χ4v) is 4.30. The standard InChI is InChI=1S/C21H25N5O4S/c1-2-29-20(28)14-6-5-11-26(12-14)19(27)13-31-21-25-24-18(30-21)10-9-17-22-15-7-3-4-8-16(15)23-17/h3-4,7-8,14H,2,5-6,9-13H2,1H3,(H,22,23)/t14-/m0/s1. The predicted molar refractivity (Wildman–Crippen MR) is 114 cm³/mol. The normalized spacial score (nSPS) is 16.5. The van der Waals surface area contributed by atoms with E-state index < -0.39 is 0 Å². The third-order valence-corrected chi connectivity index (χ3v) is 5.98. The van der Waals surface area contributed by atoms with Crippen LogP contribution in [0.1, 0.15) is 31.5 Å². The average molecular weight is 444 g/mol. The first-order valence-corrected chi connectivity index (χ1v) is 11.4. The fourth-order valence-electron chi connectivity index (χ4n) is 3.62. The summed E-state index contributed by atoms with van der Waals surface area (Å²) in [7, 11) is 0. The summed E-state index contributed by atoms with van der Waals surface area (Å²) in [4.78, 5) is 34.0. The molecule has 1 atom stereocenters. The zero-order valence-corrected chi connectivity index (χ0v) is 18.2. The molecule has 0 aliphatic carbocycles. The number of amides is 1. The molecule has 0 unspecified atom stereocenters. The number of fused-ring (bicyclic) bond motifs is 1. The van der Waals surface area contributed by atoms with Crippen LogP contribution in [-0.4, -0.2) is 62.4 Å². The van der Waals surface area contributed by atoms with Gasteiger partial charge in [0.15, 0.2) is 0 Å². The number of carbonyl (C=O) groups is 2. The molecule has 3 heterocycles. The Labute approximate surface area is 183 Å². The second-order valence-electron chi connectivity index (χ2n) is 7.38. The van der Waals surface area contributed by atoms with E-state index in [4.69, 9.17) is 9.15 Å². The van der Waals surface area contributed by atoms with Gasteiger partial charge in [-0.2, -0.15) is 0 Å². The van der Waals surface area contributed by atoms with E-state index in [9.17, 15) is 9.59 Å². The Hall–Kier alpha value is -2.88. The van der Waals surface area contributed by atoms with Crippen LogP contribution in [0.4, 0.5) is 0 Å². The molecule has 1 N–H and O–H groups in total. The number of nitrogens with one attached hydrogen (secondary N) is 1. The number of esters is 1. The second-order valence-corrected chi connectivity index (χ2v) is 8.31. The third kappa shape index (κ3) is 5.43. The van der Waals surface area contributed by atoms with Crippen molar-refractivity contribution in [3.8, 4) is 0 Å². The zero-order chi connectivity index (χ0) is 21.6. The predicted octanol–water partition coefficient (Wildman–Crippen LogP) is 2.62. The van der Waals surface area contributed by atoms with Crippen molar-refractivity contribution in [2.75, 3.05) is 25.4 Å². The Morgan fingerprint density at radius 2 is 2.16 bits per heavy atom. The van der Waals surface area contributed by atoms with E-state index in [1.165, 1.54) is 11.8 Å². The number of piperidine rings is 1. The summed E-state index contributed by atoms with van der Waals surface area (Å²) in [6, 6.07) is 7.87. The number of hydrogen-bond donors (Lipinski definition) is 1. The molecule has 1 aromatic carbocycles. The van der Waals surface area contributed by atoms with Gasteiger partial charge in [0.25, 0.3) is 5.22 Å². The van der Waals surface area contributed by atoms with Gasteiger partial charge < -0.3 is 19.0 Å². The number of imidazole rings is 1. The molecule has 0 radical (unpaired) electrons. The SMILES string of the molecule is CCOC(=O)[C@H]1CCCN(C(=O)CSc2nnc(CCc3nc4ccccc4[nH]3)o2)C1. The number of carbonyl (C=O) groups excluding carboxylic acids is 2. The van der Waals surface area contributed by atoms with Crippen LogP contribution in [0, 0.1) is 5.92 Å². The van der Waals surface area contributed by atoms with Gasteiger partial charge in [-0.05, 0) is 31.9 Å². The third-order valence-electron chi connectivity index (χ3n) is 5.18. The molecule has 1 amide bonds. The average Bonchev–Trinajstić information content (AvgIpc) is 3.42. The Kier molecular flexibility index (Phi) is 6.86. The maximum Gasteiger partial charge on any atom is 0.310 e. The topological polar surface area (TPSA) is 114 Å². The van der Waals surface area contributed by atoms with Crippen molar-refractivity contribution >= 4 is 34.7 Å². The number of thioether (sulfide) groups is 1. The highest BCUT2D eigenvalue weighted by atomic mass is 32.2. The summed E-state index contributed by atoms with van der Waals surface area (Å²) >= 11 is 1.22. The van der Waals surface area contributed by atoms with E-state index in [2.05, 4.69) is 20.2 Å². The first kappa shape index (κ1) is 21.4. The minimum atomic E-state index is -0.240. The van der Waals surface area contributed by atoms with E-state index in [1.807, 2.05) is 24.3 Å². The van der Waals surface area contributed by atoms with Crippen LogP contribution in [0.5, 0.6) is 0 Å². The van der Waals surface area contributed by atoms with Crippen LogP contribution in [0.2, 0.25) is 0 Å². The van der Waals surface area contributed by atoms with E-state index >= 15 is 0 Å². The maximum absolute atomic E-state index is 12.6. The first-order chi connectivity index (χ1) is 15.1. The van der Waals surface area contributed by atoms with Gasteiger partial charge in [0.05, 0.1) is 29.3 Å². The molecule has 0 bridgehead atoms. The molecular formula is C21H25N5O4S. The molecule has 1 aliphatic rings. The van der Waals surface area contributed by atoms with E-state index in [1.54, 1.807) is 11.8 Å². The first-order valence-electron chi connectivity index (χ1n) is 10.5. The Balaban J connectivity index is 1.25. The summed E-state index contributed by atoms with van der Waals surface area (Å²) in [5.41, 5.74) is 1.93. The summed E-state index contributed by atoms with van der Waals surface area (Å²) in [6.45, 7) is 3.21. The molecule has 3 aromatic rings. The number of benzene rings is 1. The lowest BCUT2D eigenvalue weighted by Crippen LogP contribution is -2.43. The van der Waals surface area contributed by atoms with Crippen LogP contribution >= 0.6 is 11.8 Å². The van der Waals surface area contributed by atoms with Crippen molar-refractivity contribution in [1.29, 1.82) is 0 Å². The molecule has 1 saturated heterocycles. The molecule has 0 saturated carbocycles. The number of H-pyrrole nitrogens is 1. The van der Waals surface area contributed by atoms with E-state index in [-0.39, 0.29) is 23.5 Å². The number of aromatic amines is 1. The van der Waals surface area contributed by atoms with Gasteiger partial charge in [0, 0.05) is 25.9 Å². The fraction of sp³-hybridized carbons (Fsp3) is 0.476. The van der Waals surface area contributed by atoms with Crippen LogP contribution in [-0.2, 0) is 27.2 Å². The molecule has 10 heteroatoms. The molecule has 2 aromatic heterocycles. The minimum Gasteiger partial charge on any atom is -0.466 e. The number of aromatic nitrogens is 4. The smallest absolute Gasteiger partial charge is 0.310 e. The maximum atomic E-state index is 12.6. The molecule has 1 fully saturated rings. The monoisotopic (exact) mass is 443 g/mol. The minimum absolute atomic E-state index is 0.0407. The Morgan fingerprint density at radius 3 is 3.00 bits per heavy atom. The Bertz CT molecular complexity index is 1020. The number of ether oxygens (including phenoxy) is 1. The van der Waals surface area contributed by atoms with Crippen molar-refractivity contribution in [3.63, 3.8) is 0 Å². The van der Waals surface area contributed by atoms with E-state index in [0.717, 1.165) is 29.7 Å². The highest BCUT2D eigenvalue weighted by Gasteiger charge is 2.29. The van der Waals surface area contributed by atoms with Gasteiger partial charge in [0.2, 0.25) is 11.8 Å². The van der Waals surface area contributed by atoms with Crippen molar-refractivity contribution in [2.45, 2.75) is 37.8 Å². The van der Waals surface area contributed by atoms with Crippen molar-refractivity contribution in [2.24, 2.45) is 5.92 Å². The Morgan fingerprint density at radius 1 is 1.29 bits per heavy atom.